The first-order valence-electron chi connectivity index (χ1n) is 5.27. The molecular formula is C12H13BrN2O. The molecule has 3 nitrogen and oxygen atoms in total. The van der Waals surface area contributed by atoms with Crippen LogP contribution in [-0.2, 0) is 12.8 Å². The Balaban J connectivity index is 1.84. The van der Waals surface area contributed by atoms with Crippen molar-refractivity contribution >= 4 is 15.9 Å². The molecule has 0 amide bonds. The van der Waals surface area contributed by atoms with Gasteiger partial charge >= 0.3 is 0 Å². The first kappa shape index (κ1) is 11.3. The van der Waals surface area contributed by atoms with Gasteiger partial charge in [-0.1, -0.05) is 28.1 Å². The Bertz CT molecular complexity index is 468. The van der Waals surface area contributed by atoms with E-state index in [2.05, 4.69) is 44.3 Å². The number of aryl methyl sites for hydroxylation is 3. The van der Waals surface area contributed by atoms with Crippen LogP contribution >= 0.6 is 15.9 Å². The predicted octanol–water partition coefficient (Wildman–Crippen LogP) is 3.32. The van der Waals surface area contributed by atoms with Gasteiger partial charge < -0.3 is 4.42 Å². The highest BCUT2D eigenvalue weighted by atomic mass is 79.9. The summed E-state index contributed by atoms with van der Waals surface area (Å²) in [6, 6.07) is 8.35. The van der Waals surface area contributed by atoms with Crippen molar-refractivity contribution in [3.05, 3.63) is 46.1 Å². The molecule has 0 aliphatic carbocycles. The van der Waals surface area contributed by atoms with Gasteiger partial charge in [0.15, 0.2) is 0 Å². The molecule has 0 radical (unpaired) electrons. The maximum atomic E-state index is 5.31. The number of benzene rings is 1. The minimum atomic E-state index is 0.637. The topological polar surface area (TPSA) is 38.9 Å². The number of halogens is 1. The summed E-state index contributed by atoms with van der Waals surface area (Å²) in [7, 11) is 0. The predicted molar refractivity (Wildman–Crippen MR) is 65.2 cm³/mol. The third-order valence-electron chi connectivity index (χ3n) is 2.31. The van der Waals surface area contributed by atoms with Crippen LogP contribution in [0.25, 0.3) is 0 Å². The monoisotopic (exact) mass is 280 g/mol. The van der Waals surface area contributed by atoms with Crippen LogP contribution in [0, 0.1) is 6.92 Å². The third-order valence-corrected chi connectivity index (χ3v) is 2.81. The van der Waals surface area contributed by atoms with E-state index in [0.717, 1.165) is 29.6 Å². The van der Waals surface area contributed by atoms with Gasteiger partial charge in [0.05, 0.1) is 0 Å². The Morgan fingerprint density at radius 3 is 2.81 bits per heavy atom. The number of hydrogen-bond acceptors (Lipinski definition) is 3. The molecule has 0 aliphatic heterocycles. The van der Waals surface area contributed by atoms with Gasteiger partial charge in [0.1, 0.15) is 0 Å². The molecule has 84 valence electrons. The second-order valence-corrected chi connectivity index (χ2v) is 4.61. The van der Waals surface area contributed by atoms with E-state index in [0.29, 0.717) is 5.89 Å². The van der Waals surface area contributed by atoms with Crippen LogP contribution in [0.5, 0.6) is 0 Å². The Morgan fingerprint density at radius 1 is 1.25 bits per heavy atom. The van der Waals surface area contributed by atoms with Crippen molar-refractivity contribution in [3.8, 4) is 0 Å². The zero-order valence-corrected chi connectivity index (χ0v) is 10.7. The molecule has 1 aromatic carbocycles. The fourth-order valence-corrected chi connectivity index (χ4v) is 2.02. The summed E-state index contributed by atoms with van der Waals surface area (Å²) >= 11 is 3.46. The highest BCUT2D eigenvalue weighted by Crippen LogP contribution is 2.14. The molecule has 1 aromatic heterocycles. The molecule has 16 heavy (non-hydrogen) atoms. The lowest BCUT2D eigenvalue weighted by Crippen LogP contribution is -1.90. The third kappa shape index (κ3) is 3.17. The van der Waals surface area contributed by atoms with Gasteiger partial charge in [0.2, 0.25) is 11.8 Å². The van der Waals surface area contributed by atoms with Crippen molar-refractivity contribution in [2.45, 2.75) is 26.2 Å². The van der Waals surface area contributed by atoms with E-state index in [1.165, 1.54) is 5.56 Å². The molecule has 0 spiro atoms. The van der Waals surface area contributed by atoms with E-state index in [4.69, 9.17) is 4.42 Å². The van der Waals surface area contributed by atoms with Crippen molar-refractivity contribution < 1.29 is 4.42 Å². The second-order valence-electron chi connectivity index (χ2n) is 3.70. The first-order valence-corrected chi connectivity index (χ1v) is 6.07. The zero-order chi connectivity index (χ0) is 11.4. The summed E-state index contributed by atoms with van der Waals surface area (Å²) in [6.07, 6.45) is 2.90. The largest absolute Gasteiger partial charge is 0.426 e. The van der Waals surface area contributed by atoms with Crippen LogP contribution in [0.3, 0.4) is 0 Å². The van der Waals surface area contributed by atoms with Gasteiger partial charge in [-0.25, -0.2) is 0 Å². The van der Waals surface area contributed by atoms with Crippen LogP contribution in [0.15, 0.2) is 33.2 Å². The molecule has 0 aliphatic rings. The van der Waals surface area contributed by atoms with E-state index in [9.17, 15) is 0 Å². The van der Waals surface area contributed by atoms with Gasteiger partial charge in [0.25, 0.3) is 0 Å². The highest BCUT2D eigenvalue weighted by molar-refractivity contribution is 9.10. The quantitative estimate of drug-likeness (QED) is 0.863. The number of rotatable bonds is 4. The lowest BCUT2D eigenvalue weighted by Gasteiger charge is -2.00. The van der Waals surface area contributed by atoms with E-state index < -0.39 is 0 Å². The summed E-state index contributed by atoms with van der Waals surface area (Å²) < 4.78 is 6.44. The molecular weight excluding hydrogens is 268 g/mol. The average molecular weight is 281 g/mol. The molecule has 2 rings (SSSR count). The molecule has 4 heteroatoms. The van der Waals surface area contributed by atoms with Crippen LogP contribution in [0.4, 0.5) is 0 Å². The van der Waals surface area contributed by atoms with Gasteiger partial charge in [-0.3, -0.25) is 0 Å². The fraction of sp³-hybridized carbons (Fsp3) is 0.333. The van der Waals surface area contributed by atoms with Gasteiger partial charge in [-0.05, 0) is 30.5 Å². The average Bonchev–Trinajstić information content (AvgIpc) is 2.64. The van der Waals surface area contributed by atoms with Crippen LogP contribution < -0.4 is 0 Å². The Kier molecular flexibility index (Phi) is 3.72. The maximum absolute atomic E-state index is 5.31. The second kappa shape index (κ2) is 5.25. The number of hydrogen-bond donors (Lipinski definition) is 0. The normalized spacial score (nSPS) is 10.6. The van der Waals surface area contributed by atoms with E-state index >= 15 is 0 Å². The molecule has 1 heterocycles. The minimum Gasteiger partial charge on any atom is -0.426 e. The summed E-state index contributed by atoms with van der Waals surface area (Å²) in [5, 5.41) is 7.77. The maximum Gasteiger partial charge on any atom is 0.216 e. The molecule has 0 fully saturated rings. The van der Waals surface area contributed by atoms with Crippen molar-refractivity contribution in [2.24, 2.45) is 0 Å². The van der Waals surface area contributed by atoms with E-state index in [1.807, 2.05) is 13.0 Å². The fourth-order valence-electron chi connectivity index (χ4n) is 1.57. The lowest BCUT2D eigenvalue weighted by atomic mass is 10.1. The van der Waals surface area contributed by atoms with Crippen molar-refractivity contribution in [1.82, 2.24) is 10.2 Å². The molecule has 0 bridgehead atoms. The molecule has 0 unspecified atom stereocenters. The summed E-state index contributed by atoms with van der Waals surface area (Å²) in [5.41, 5.74) is 1.32. The van der Waals surface area contributed by atoms with Crippen molar-refractivity contribution in [2.75, 3.05) is 0 Å². The first-order chi connectivity index (χ1) is 7.74. The zero-order valence-electron chi connectivity index (χ0n) is 9.11. The SMILES string of the molecule is Cc1nnc(CCCc2cccc(Br)c2)o1. The Labute approximate surface area is 103 Å². The molecule has 0 atom stereocenters. The van der Waals surface area contributed by atoms with Crippen molar-refractivity contribution in [1.29, 1.82) is 0 Å². The summed E-state index contributed by atoms with van der Waals surface area (Å²) in [5.74, 6) is 1.37. The smallest absolute Gasteiger partial charge is 0.216 e. The van der Waals surface area contributed by atoms with E-state index in [1.54, 1.807) is 0 Å². The molecule has 0 N–H and O–H groups in total. The summed E-state index contributed by atoms with van der Waals surface area (Å²) in [4.78, 5) is 0. The van der Waals surface area contributed by atoms with Crippen LogP contribution in [-0.4, -0.2) is 10.2 Å². The van der Waals surface area contributed by atoms with Gasteiger partial charge in [-0.15, -0.1) is 10.2 Å². The standard InChI is InChI=1S/C12H13BrN2O/c1-9-14-15-12(16-9)7-3-5-10-4-2-6-11(13)8-10/h2,4,6,8H,3,5,7H2,1H3. The minimum absolute atomic E-state index is 0.637. The van der Waals surface area contributed by atoms with Gasteiger partial charge in [0, 0.05) is 17.8 Å². The lowest BCUT2D eigenvalue weighted by molar-refractivity contribution is 0.462. The van der Waals surface area contributed by atoms with Gasteiger partial charge in [-0.2, -0.15) is 0 Å². The Morgan fingerprint density at radius 2 is 2.12 bits per heavy atom. The molecule has 0 saturated heterocycles. The van der Waals surface area contributed by atoms with E-state index in [-0.39, 0.29) is 0 Å². The number of nitrogens with zero attached hydrogens (tertiary/aromatic N) is 2. The highest BCUT2D eigenvalue weighted by Gasteiger charge is 2.02. The van der Waals surface area contributed by atoms with Crippen LogP contribution in [0.1, 0.15) is 23.8 Å². The molecule has 0 saturated carbocycles. The molecule has 2 aromatic rings. The van der Waals surface area contributed by atoms with Crippen LogP contribution in [0.2, 0.25) is 0 Å². The Hall–Kier alpha value is -1.16. The number of aromatic nitrogens is 2. The van der Waals surface area contributed by atoms with Crippen molar-refractivity contribution in [3.63, 3.8) is 0 Å². The summed E-state index contributed by atoms with van der Waals surface area (Å²) in [6.45, 7) is 1.81.